The van der Waals surface area contributed by atoms with Crippen LogP contribution in [0.4, 0.5) is 0 Å². The lowest BCUT2D eigenvalue weighted by Crippen LogP contribution is -2.13. The van der Waals surface area contributed by atoms with Gasteiger partial charge in [0.25, 0.3) is 0 Å². The van der Waals surface area contributed by atoms with E-state index in [1.807, 2.05) is 13.0 Å². The normalized spacial score (nSPS) is 15.4. The van der Waals surface area contributed by atoms with E-state index in [1.54, 1.807) is 13.8 Å². The molecule has 3 rings (SSSR count). The second kappa shape index (κ2) is 7.50. The van der Waals surface area contributed by atoms with Gasteiger partial charge in [0.15, 0.2) is 5.76 Å². The third kappa shape index (κ3) is 3.40. The first-order valence-corrected chi connectivity index (χ1v) is 9.39. The third-order valence-corrected chi connectivity index (χ3v) is 4.96. The second-order valence-electron chi connectivity index (χ2n) is 7.12. The number of ether oxygens (including phenoxy) is 1. The molecule has 28 heavy (non-hydrogen) atoms. The molecule has 0 saturated carbocycles. The lowest BCUT2D eigenvalue weighted by atomic mass is 10.1. The van der Waals surface area contributed by atoms with E-state index in [9.17, 15) is 9.90 Å². The van der Waals surface area contributed by atoms with E-state index in [2.05, 4.69) is 54.6 Å². The van der Waals surface area contributed by atoms with Crippen molar-refractivity contribution < 1.29 is 14.6 Å². The molecule has 0 radical (unpaired) electrons. The summed E-state index contributed by atoms with van der Waals surface area (Å²) in [6.07, 6.45) is 1.81. The number of nitrogens with zero attached hydrogens (tertiary/aromatic N) is 2. The summed E-state index contributed by atoms with van der Waals surface area (Å²) in [7, 11) is 0. The average molecular weight is 378 g/mol. The number of hydrogen-bond donors (Lipinski definition) is 1. The first-order valence-electron chi connectivity index (χ1n) is 9.39. The minimum Gasteiger partial charge on any atom is -0.505 e. The Balaban J connectivity index is 2.06. The zero-order chi connectivity index (χ0) is 20.6. The summed E-state index contributed by atoms with van der Waals surface area (Å²) in [4.78, 5) is 16.5. The number of rotatable bonds is 4. The van der Waals surface area contributed by atoms with Gasteiger partial charge in [-0.3, -0.25) is 0 Å². The van der Waals surface area contributed by atoms with Crippen molar-refractivity contribution in [3.63, 3.8) is 0 Å². The van der Waals surface area contributed by atoms with Crippen LogP contribution in [0.3, 0.4) is 0 Å². The molecule has 0 fully saturated rings. The van der Waals surface area contributed by atoms with E-state index in [-0.39, 0.29) is 17.9 Å². The molecule has 1 aromatic heterocycles. The van der Waals surface area contributed by atoms with Crippen LogP contribution in [0.25, 0.3) is 11.8 Å². The zero-order valence-corrected chi connectivity index (χ0v) is 17.3. The number of carbonyl (C=O) groups is 1. The molecular weight excluding hydrogens is 352 g/mol. The molecule has 0 saturated heterocycles. The first kappa shape index (κ1) is 19.7. The Labute approximate surface area is 165 Å². The summed E-state index contributed by atoms with van der Waals surface area (Å²) < 4.78 is 7.22. The van der Waals surface area contributed by atoms with Crippen molar-refractivity contribution in [2.24, 2.45) is 4.99 Å². The van der Waals surface area contributed by atoms with Crippen LogP contribution in [0, 0.1) is 27.7 Å². The maximum absolute atomic E-state index is 12.1. The molecule has 0 unspecified atom stereocenters. The van der Waals surface area contributed by atoms with Gasteiger partial charge < -0.3 is 14.4 Å². The fourth-order valence-corrected chi connectivity index (χ4v) is 3.65. The van der Waals surface area contributed by atoms with Crippen molar-refractivity contribution >= 4 is 17.8 Å². The number of aryl methyl sites for hydroxylation is 3. The number of aromatic nitrogens is 1. The Kier molecular flexibility index (Phi) is 5.27. The monoisotopic (exact) mass is 378 g/mol. The minimum atomic E-state index is -0.551. The van der Waals surface area contributed by atoms with Gasteiger partial charge in [-0.1, -0.05) is 17.7 Å². The van der Waals surface area contributed by atoms with Crippen LogP contribution in [-0.4, -0.2) is 28.0 Å². The van der Waals surface area contributed by atoms with Gasteiger partial charge in [-0.2, -0.15) is 0 Å². The topological polar surface area (TPSA) is 63.8 Å². The van der Waals surface area contributed by atoms with E-state index in [0.29, 0.717) is 11.4 Å². The summed E-state index contributed by atoms with van der Waals surface area (Å²) in [5.74, 6) is -0.683. The van der Waals surface area contributed by atoms with Gasteiger partial charge in [-0.25, -0.2) is 9.79 Å². The highest BCUT2D eigenvalue weighted by atomic mass is 16.5. The number of benzene rings is 1. The molecule has 2 heterocycles. The van der Waals surface area contributed by atoms with Crippen molar-refractivity contribution in [3.05, 3.63) is 69.4 Å². The Morgan fingerprint density at radius 3 is 2.54 bits per heavy atom. The smallest absolute Gasteiger partial charge is 0.343 e. The Hall–Kier alpha value is -3.08. The quantitative estimate of drug-likeness (QED) is 0.770. The molecule has 2 aromatic rings. The van der Waals surface area contributed by atoms with Gasteiger partial charge in [0.2, 0.25) is 0 Å². The van der Waals surface area contributed by atoms with Gasteiger partial charge >= 0.3 is 5.97 Å². The molecule has 0 aliphatic carbocycles. The van der Waals surface area contributed by atoms with Crippen LogP contribution in [0.2, 0.25) is 0 Å². The van der Waals surface area contributed by atoms with Gasteiger partial charge in [0.05, 0.1) is 12.3 Å². The molecule has 5 heteroatoms. The van der Waals surface area contributed by atoms with Crippen LogP contribution in [0.1, 0.15) is 41.9 Å². The van der Waals surface area contributed by atoms with Crippen LogP contribution >= 0.6 is 0 Å². The second-order valence-corrected chi connectivity index (χ2v) is 7.12. The summed E-state index contributed by atoms with van der Waals surface area (Å²) in [5, 5.41) is 10.5. The minimum absolute atomic E-state index is 0.132. The van der Waals surface area contributed by atoms with Crippen LogP contribution in [-0.2, 0) is 9.53 Å². The van der Waals surface area contributed by atoms with Gasteiger partial charge in [-0.05, 0) is 70.9 Å². The average Bonchev–Trinajstić information content (AvgIpc) is 3.04. The number of aliphatic imine (C=N–C) groups is 1. The maximum Gasteiger partial charge on any atom is 0.343 e. The zero-order valence-electron chi connectivity index (χ0n) is 17.3. The highest BCUT2D eigenvalue weighted by Crippen LogP contribution is 2.30. The first-order chi connectivity index (χ1) is 13.2. The van der Waals surface area contributed by atoms with Crippen LogP contribution in [0.5, 0.6) is 0 Å². The number of hydrogen-bond acceptors (Lipinski definition) is 4. The van der Waals surface area contributed by atoms with Crippen molar-refractivity contribution in [2.45, 2.75) is 41.5 Å². The number of carbonyl (C=O) groups excluding carboxylic acids is 1. The van der Waals surface area contributed by atoms with Gasteiger partial charge in [0, 0.05) is 17.1 Å². The van der Waals surface area contributed by atoms with E-state index >= 15 is 0 Å². The Bertz CT molecular complexity index is 1050. The highest BCUT2D eigenvalue weighted by molar-refractivity contribution is 6.22. The third-order valence-electron chi connectivity index (χ3n) is 4.96. The molecule has 1 aliphatic rings. The SMILES string of the molecule is CCOC(=O)C1=C(O)/C(=C/c2cc(C)n(-c3ccc(C)cc3C)c2C)N=C1C. The van der Waals surface area contributed by atoms with Crippen LogP contribution in [0.15, 0.2) is 46.3 Å². The molecule has 1 aliphatic heterocycles. The fourth-order valence-electron chi connectivity index (χ4n) is 3.65. The van der Waals surface area contributed by atoms with Crippen molar-refractivity contribution in [1.82, 2.24) is 4.57 Å². The molecule has 146 valence electrons. The number of esters is 1. The standard InChI is InChI=1S/C23H26N2O3/c1-7-28-23(27)21-16(5)24-19(22(21)26)12-18-11-15(4)25(17(18)6)20-9-8-13(2)10-14(20)3/h8-12,26H,7H2,1-6H3/b19-12-. The molecule has 0 spiro atoms. The summed E-state index contributed by atoms with van der Waals surface area (Å²) in [6.45, 7) is 12.0. The predicted octanol–water partition coefficient (Wildman–Crippen LogP) is 4.90. The fraction of sp³-hybridized carbons (Fsp3) is 0.304. The Morgan fingerprint density at radius 2 is 1.89 bits per heavy atom. The van der Waals surface area contributed by atoms with Gasteiger partial charge in [0.1, 0.15) is 11.3 Å². The molecule has 1 N–H and O–H groups in total. The van der Waals surface area contributed by atoms with Crippen LogP contribution < -0.4 is 0 Å². The van der Waals surface area contributed by atoms with Crippen molar-refractivity contribution in [2.75, 3.05) is 6.61 Å². The molecule has 1 aromatic carbocycles. The van der Waals surface area contributed by atoms with Gasteiger partial charge in [-0.15, -0.1) is 0 Å². The Morgan fingerprint density at radius 1 is 1.18 bits per heavy atom. The molecule has 0 amide bonds. The maximum atomic E-state index is 12.1. The van der Waals surface area contributed by atoms with Crippen molar-refractivity contribution in [1.29, 1.82) is 0 Å². The lowest BCUT2D eigenvalue weighted by Gasteiger charge is -2.13. The van der Waals surface area contributed by atoms with E-state index in [4.69, 9.17) is 4.74 Å². The lowest BCUT2D eigenvalue weighted by molar-refractivity contribution is -0.138. The number of aliphatic hydroxyl groups excluding tert-OH is 1. The van der Waals surface area contributed by atoms with E-state index in [0.717, 1.165) is 22.6 Å². The molecule has 0 bridgehead atoms. The predicted molar refractivity (Wildman–Crippen MR) is 112 cm³/mol. The summed E-state index contributed by atoms with van der Waals surface area (Å²) in [5.41, 5.74) is 7.60. The molecule has 0 atom stereocenters. The summed E-state index contributed by atoms with van der Waals surface area (Å²) in [6, 6.07) is 8.44. The van der Waals surface area contributed by atoms with E-state index in [1.165, 1.54) is 11.1 Å². The molecule has 5 nitrogen and oxygen atoms in total. The highest BCUT2D eigenvalue weighted by Gasteiger charge is 2.28. The molecular formula is C23H26N2O3. The summed E-state index contributed by atoms with van der Waals surface area (Å²) >= 11 is 0. The van der Waals surface area contributed by atoms with Crippen molar-refractivity contribution in [3.8, 4) is 5.69 Å². The number of aliphatic hydroxyl groups is 1. The van der Waals surface area contributed by atoms with E-state index < -0.39 is 5.97 Å². The largest absolute Gasteiger partial charge is 0.505 e.